The molecular weight excluding hydrogens is 813 g/mol. The van der Waals surface area contributed by atoms with Crippen molar-refractivity contribution in [2.45, 2.75) is 179 Å². The summed E-state index contributed by atoms with van der Waals surface area (Å²) in [6, 6.07) is 0. The van der Waals surface area contributed by atoms with Gasteiger partial charge in [-0.1, -0.05) is 130 Å². The molecule has 0 aromatic carbocycles. The average molecular weight is 891 g/mol. The van der Waals surface area contributed by atoms with E-state index in [-0.39, 0.29) is 19.4 Å². The number of rotatable bonds is 36. The Hall–Kier alpha value is -3.43. The first-order chi connectivity index (χ1) is 30.0. The van der Waals surface area contributed by atoms with Gasteiger partial charge in [0.25, 0.3) is 10.1 Å². The van der Waals surface area contributed by atoms with Gasteiger partial charge in [-0.05, 0) is 96.3 Å². The number of ether oxygens (including phenoxy) is 4. The fourth-order valence-electron chi connectivity index (χ4n) is 6.12. The molecule has 0 aromatic rings. The van der Waals surface area contributed by atoms with Crippen molar-refractivity contribution in [1.82, 2.24) is 0 Å². The molecule has 1 aliphatic rings. The fourth-order valence-corrected chi connectivity index (χ4v) is 6.81. The van der Waals surface area contributed by atoms with Crippen LogP contribution in [0.15, 0.2) is 97.2 Å². The SMILES string of the molecule is CC/C=C/C/C=C/C/C=C/C/C=C/CCCCC(=O)OC[C@H](CO[C@H]1O[C@H](CS(=O)(=O)O)[C@@H](O)C(O)C1O)OC(=O)CCCCC/C=C/C/C=C/C/C=C/C/C=C/CCCCC. The van der Waals surface area contributed by atoms with Gasteiger partial charge in [0.15, 0.2) is 12.4 Å². The third kappa shape index (κ3) is 32.3. The van der Waals surface area contributed by atoms with Crippen molar-refractivity contribution < 1.29 is 56.8 Å². The first kappa shape index (κ1) is 56.6. The van der Waals surface area contributed by atoms with Crippen molar-refractivity contribution in [3.05, 3.63) is 97.2 Å². The molecule has 0 radical (unpaired) electrons. The first-order valence-electron chi connectivity index (χ1n) is 22.8. The molecule has 13 heteroatoms. The van der Waals surface area contributed by atoms with E-state index in [9.17, 15) is 37.9 Å². The Morgan fingerprint density at radius 3 is 1.52 bits per heavy atom. The van der Waals surface area contributed by atoms with Crippen LogP contribution in [0.3, 0.4) is 0 Å². The van der Waals surface area contributed by atoms with Gasteiger partial charge in [0.2, 0.25) is 0 Å². The average Bonchev–Trinajstić information content (AvgIpc) is 3.24. The molecule has 12 nitrogen and oxygen atoms in total. The van der Waals surface area contributed by atoms with Crippen molar-refractivity contribution in [3.63, 3.8) is 0 Å². The Bertz CT molecular complexity index is 1510. The smallest absolute Gasteiger partial charge is 0.306 e. The van der Waals surface area contributed by atoms with Gasteiger partial charge in [0.05, 0.1) is 6.61 Å². The zero-order valence-corrected chi connectivity index (χ0v) is 38.2. The minimum atomic E-state index is -4.62. The Morgan fingerprint density at radius 2 is 1.02 bits per heavy atom. The second kappa shape index (κ2) is 38.1. The number of hydrogen-bond donors (Lipinski definition) is 4. The van der Waals surface area contributed by atoms with E-state index in [2.05, 4.69) is 111 Å². The van der Waals surface area contributed by atoms with E-state index in [1.165, 1.54) is 19.3 Å². The van der Waals surface area contributed by atoms with Crippen molar-refractivity contribution in [2.75, 3.05) is 19.0 Å². The lowest BCUT2D eigenvalue weighted by Gasteiger charge is -2.40. The van der Waals surface area contributed by atoms with Crippen LogP contribution in [-0.4, -0.2) is 96.0 Å². The Morgan fingerprint density at radius 1 is 0.565 bits per heavy atom. The number of unbranched alkanes of at least 4 members (excludes halogenated alkanes) is 8. The number of esters is 2. The van der Waals surface area contributed by atoms with Gasteiger partial charge in [0.1, 0.15) is 36.8 Å². The fraction of sp³-hybridized carbons (Fsp3) is 0.633. The van der Waals surface area contributed by atoms with Gasteiger partial charge in [-0.3, -0.25) is 14.1 Å². The molecule has 0 spiro atoms. The van der Waals surface area contributed by atoms with E-state index in [0.29, 0.717) is 12.8 Å². The van der Waals surface area contributed by atoms with Crippen molar-refractivity contribution >= 4 is 22.1 Å². The van der Waals surface area contributed by atoms with E-state index >= 15 is 0 Å². The van der Waals surface area contributed by atoms with Gasteiger partial charge in [-0.15, -0.1) is 0 Å². The molecule has 6 atom stereocenters. The maximum atomic E-state index is 12.8. The molecule has 1 heterocycles. The summed E-state index contributed by atoms with van der Waals surface area (Å²) in [7, 11) is -4.62. The normalized spacial score (nSPS) is 20.8. The summed E-state index contributed by atoms with van der Waals surface area (Å²) in [5, 5.41) is 30.9. The predicted octanol–water partition coefficient (Wildman–Crippen LogP) is 9.44. The number of carbonyl (C=O) groups is 2. The van der Waals surface area contributed by atoms with E-state index in [4.69, 9.17) is 18.9 Å². The minimum absolute atomic E-state index is 0.111. The summed E-state index contributed by atoms with van der Waals surface area (Å²) >= 11 is 0. The molecule has 0 aromatic heterocycles. The largest absolute Gasteiger partial charge is 0.462 e. The van der Waals surface area contributed by atoms with Crippen LogP contribution < -0.4 is 0 Å². The highest BCUT2D eigenvalue weighted by atomic mass is 32.2. The standard InChI is InChI=1S/C49H78O12S/c1-3-5-7-9-11-13-15-17-19-20-21-22-24-26-28-30-32-34-36-38-45(51)60-42(40-59-49-48(54)47(53)46(52)43(61-49)41-62(55,56)57)39-58-44(50)37-35-33-31-29-27-25-23-18-16-14-12-10-8-6-4-2/h6,8,11-14,17-19,21-23,26-29,42-43,46-49,52-54H,3-5,7,9-10,15-16,20,24-25,30-41H2,1-2H3,(H,55,56,57)/b8-6+,13-11+,14-12+,19-17+,22-21+,23-18+,28-26+,29-27+/t42-,43-,46-,47?,48?,49+/m1/s1. The van der Waals surface area contributed by atoms with Crippen LogP contribution in [-0.2, 0) is 38.7 Å². The van der Waals surface area contributed by atoms with Crippen LogP contribution in [0, 0.1) is 0 Å². The van der Waals surface area contributed by atoms with Crippen LogP contribution in [0.2, 0.25) is 0 Å². The number of aliphatic hydroxyl groups excluding tert-OH is 3. The highest BCUT2D eigenvalue weighted by Crippen LogP contribution is 2.24. The third-order valence-corrected chi connectivity index (χ3v) is 10.4. The summed E-state index contributed by atoms with van der Waals surface area (Å²) in [6.07, 6.45) is 41.6. The molecule has 1 rings (SSSR count). The summed E-state index contributed by atoms with van der Waals surface area (Å²) in [4.78, 5) is 25.4. The molecule has 0 aliphatic carbocycles. The Balaban J connectivity index is 2.51. The van der Waals surface area contributed by atoms with Gasteiger partial charge in [-0.2, -0.15) is 8.42 Å². The molecule has 4 N–H and O–H groups in total. The van der Waals surface area contributed by atoms with Gasteiger partial charge >= 0.3 is 11.9 Å². The van der Waals surface area contributed by atoms with Crippen LogP contribution >= 0.6 is 0 Å². The van der Waals surface area contributed by atoms with E-state index < -0.39 is 71.2 Å². The highest BCUT2D eigenvalue weighted by Gasteiger charge is 2.46. The maximum Gasteiger partial charge on any atom is 0.306 e. The summed E-state index contributed by atoms with van der Waals surface area (Å²) in [5.41, 5.74) is 0. The van der Waals surface area contributed by atoms with Crippen LogP contribution in [0.1, 0.15) is 142 Å². The zero-order chi connectivity index (χ0) is 45.5. The summed E-state index contributed by atoms with van der Waals surface area (Å²) in [5.74, 6) is -2.10. The number of hydrogen-bond acceptors (Lipinski definition) is 11. The van der Waals surface area contributed by atoms with Crippen molar-refractivity contribution in [3.8, 4) is 0 Å². The molecule has 0 bridgehead atoms. The lowest BCUT2D eigenvalue weighted by molar-refractivity contribution is -0.297. The molecular formula is C49H78O12S. The quantitative estimate of drug-likeness (QED) is 0.0202. The molecule has 62 heavy (non-hydrogen) atoms. The summed E-state index contributed by atoms with van der Waals surface area (Å²) in [6.45, 7) is 3.54. The number of aliphatic hydroxyl groups is 3. The maximum absolute atomic E-state index is 12.8. The molecule has 1 saturated heterocycles. The van der Waals surface area contributed by atoms with Crippen molar-refractivity contribution in [2.24, 2.45) is 0 Å². The zero-order valence-electron chi connectivity index (χ0n) is 37.4. The third-order valence-electron chi connectivity index (χ3n) is 9.65. The topological polar surface area (TPSA) is 186 Å². The van der Waals surface area contributed by atoms with Crippen LogP contribution in [0.4, 0.5) is 0 Å². The Labute approximate surface area is 373 Å². The molecule has 0 saturated carbocycles. The van der Waals surface area contributed by atoms with Gasteiger partial charge in [-0.25, -0.2) is 0 Å². The monoisotopic (exact) mass is 891 g/mol. The predicted molar refractivity (Wildman–Crippen MR) is 247 cm³/mol. The lowest BCUT2D eigenvalue weighted by Crippen LogP contribution is -2.60. The second-order valence-corrected chi connectivity index (χ2v) is 16.8. The van der Waals surface area contributed by atoms with Crippen LogP contribution in [0.5, 0.6) is 0 Å². The van der Waals surface area contributed by atoms with Gasteiger partial charge < -0.3 is 34.3 Å². The van der Waals surface area contributed by atoms with E-state index in [1.54, 1.807) is 0 Å². The number of allylic oxidation sites excluding steroid dienone is 16. The molecule has 1 fully saturated rings. The van der Waals surface area contributed by atoms with E-state index in [1.807, 2.05) is 0 Å². The Kier molecular flexibility index (Phi) is 34.7. The molecule has 1 aliphatic heterocycles. The second-order valence-electron chi connectivity index (χ2n) is 15.3. The molecule has 2 unspecified atom stereocenters. The van der Waals surface area contributed by atoms with Crippen molar-refractivity contribution in [1.29, 1.82) is 0 Å². The minimum Gasteiger partial charge on any atom is -0.462 e. The van der Waals surface area contributed by atoms with Crippen LogP contribution in [0.25, 0.3) is 0 Å². The van der Waals surface area contributed by atoms with Gasteiger partial charge in [0, 0.05) is 12.8 Å². The van der Waals surface area contributed by atoms with E-state index in [0.717, 1.165) is 83.5 Å². The number of carbonyl (C=O) groups excluding carboxylic acids is 2. The highest BCUT2D eigenvalue weighted by molar-refractivity contribution is 7.85. The first-order valence-corrected chi connectivity index (χ1v) is 24.4. The molecule has 0 amide bonds. The summed E-state index contributed by atoms with van der Waals surface area (Å²) < 4.78 is 54.0. The lowest BCUT2D eigenvalue weighted by atomic mass is 10.00. The molecule has 352 valence electrons.